The van der Waals surface area contributed by atoms with E-state index in [1.807, 2.05) is 38.1 Å². The van der Waals surface area contributed by atoms with Gasteiger partial charge < -0.3 is 5.32 Å². The summed E-state index contributed by atoms with van der Waals surface area (Å²) in [5.74, 6) is -0.866. The van der Waals surface area contributed by atoms with E-state index in [0.717, 1.165) is 27.9 Å². The summed E-state index contributed by atoms with van der Waals surface area (Å²) >= 11 is 0. The van der Waals surface area contributed by atoms with E-state index in [9.17, 15) is 9.18 Å². The Morgan fingerprint density at radius 2 is 1.77 bits per heavy atom. The Morgan fingerprint density at radius 3 is 2.38 bits per heavy atom. The van der Waals surface area contributed by atoms with E-state index in [4.69, 9.17) is 0 Å². The SMILES string of the molecule is Cc1cc(C)cc(NC(=O)C(Cc2cccnc2)c2ccc(F)cc2)c1. The zero-order chi connectivity index (χ0) is 18.5. The van der Waals surface area contributed by atoms with Crippen molar-refractivity contribution in [3.8, 4) is 0 Å². The zero-order valence-electron chi connectivity index (χ0n) is 14.9. The number of benzene rings is 2. The van der Waals surface area contributed by atoms with Crippen LogP contribution in [0.2, 0.25) is 0 Å². The molecule has 1 aromatic heterocycles. The molecule has 1 heterocycles. The van der Waals surface area contributed by atoms with E-state index in [-0.39, 0.29) is 11.7 Å². The third-order valence-electron chi connectivity index (χ3n) is 4.24. The van der Waals surface area contributed by atoms with Gasteiger partial charge in [-0.25, -0.2) is 4.39 Å². The molecule has 2 aromatic carbocycles. The van der Waals surface area contributed by atoms with Gasteiger partial charge in [0.1, 0.15) is 5.82 Å². The molecule has 1 amide bonds. The summed E-state index contributed by atoms with van der Waals surface area (Å²) in [4.78, 5) is 17.1. The van der Waals surface area contributed by atoms with Crippen LogP contribution < -0.4 is 5.32 Å². The van der Waals surface area contributed by atoms with Gasteiger partial charge >= 0.3 is 0 Å². The van der Waals surface area contributed by atoms with Gasteiger partial charge in [-0.1, -0.05) is 24.3 Å². The highest BCUT2D eigenvalue weighted by atomic mass is 19.1. The van der Waals surface area contributed by atoms with Crippen LogP contribution in [0, 0.1) is 19.7 Å². The molecule has 0 saturated heterocycles. The Labute approximate surface area is 152 Å². The number of carbonyl (C=O) groups is 1. The molecule has 0 bridgehead atoms. The van der Waals surface area contributed by atoms with Crippen molar-refractivity contribution in [1.82, 2.24) is 4.98 Å². The molecule has 132 valence electrons. The number of hydrogen-bond donors (Lipinski definition) is 1. The van der Waals surface area contributed by atoms with Gasteiger partial charge in [0.25, 0.3) is 0 Å². The topological polar surface area (TPSA) is 42.0 Å². The van der Waals surface area contributed by atoms with Crippen molar-refractivity contribution in [3.63, 3.8) is 0 Å². The molecule has 0 aliphatic heterocycles. The Bertz CT molecular complexity index is 872. The fourth-order valence-electron chi connectivity index (χ4n) is 3.09. The van der Waals surface area contributed by atoms with E-state index in [0.29, 0.717) is 6.42 Å². The largest absolute Gasteiger partial charge is 0.326 e. The number of anilines is 1. The summed E-state index contributed by atoms with van der Waals surface area (Å²) < 4.78 is 13.3. The van der Waals surface area contributed by atoms with Crippen molar-refractivity contribution in [3.05, 3.63) is 95.1 Å². The molecular weight excluding hydrogens is 327 g/mol. The molecule has 0 aliphatic carbocycles. The number of halogens is 1. The molecule has 3 nitrogen and oxygen atoms in total. The standard InChI is InChI=1S/C22H21FN2O/c1-15-10-16(2)12-20(11-15)25-22(26)21(13-17-4-3-9-24-14-17)18-5-7-19(23)8-6-18/h3-12,14,21H,13H2,1-2H3,(H,25,26). The maximum atomic E-state index is 13.3. The maximum absolute atomic E-state index is 13.3. The average molecular weight is 348 g/mol. The molecule has 0 radical (unpaired) electrons. The van der Waals surface area contributed by atoms with Crippen LogP contribution in [-0.4, -0.2) is 10.9 Å². The van der Waals surface area contributed by atoms with Crippen LogP contribution in [0.1, 0.15) is 28.2 Å². The minimum absolute atomic E-state index is 0.120. The predicted molar refractivity (Wildman–Crippen MR) is 102 cm³/mol. The van der Waals surface area contributed by atoms with Crippen molar-refractivity contribution < 1.29 is 9.18 Å². The first-order valence-corrected chi connectivity index (χ1v) is 8.55. The number of amides is 1. The zero-order valence-corrected chi connectivity index (χ0v) is 14.9. The quantitative estimate of drug-likeness (QED) is 0.719. The summed E-state index contributed by atoms with van der Waals surface area (Å²) in [5, 5.41) is 3.00. The third kappa shape index (κ3) is 4.54. The molecule has 1 atom stereocenters. The van der Waals surface area contributed by atoms with Gasteiger partial charge in [-0.05, 0) is 72.9 Å². The van der Waals surface area contributed by atoms with E-state index in [1.165, 1.54) is 12.1 Å². The lowest BCUT2D eigenvalue weighted by Crippen LogP contribution is -2.23. The Balaban J connectivity index is 1.88. The first kappa shape index (κ1) is 17.8. The molecule has 0 aliphatic rings. The Kier molecular flexibility index (Phi) is 5.42. The smallest absolute Gasteiger partial charge is 0.232 e. The molecule has 4 heteroatoms. The van der Waals surface area contributed by atoms with Crippen LogP contribution >= 0.6 is 0 Å². The van der Waals surface area contributed by atoms with Gasteiger partial charge in [-0.15, -0.1) is 0 Å². The van der Waals surface area contributed by atoms with Crippen molar-refractivity contribution in [2.75, 3.05) is 5.32 Å². The van der Waals surface area contributed by atoms with Crippen LogP contribution in [-0.2, 0) is 11.2 Å². The summed E-state index contributed by atoms with van der Waals surface area (Å²) in [6.45, 7) is 3.99. The maximum Gasteiger partial charge on any atom is 0.232 e. The third-order valence-corrected chi connectivity index (χ3v) is 4.24. The molecule has 1 N–H and O–H groups in total. The van der Waals surface area contributed by atoms with Gasteiger partial charge in [0, 0.05) is 18.1 Å². The fraction of sp³-hybridized carbons (Fsp3) is 0.182. The fourth-order valence-corrected chi connectivity index (χ4v) is 3.09. The lowest BCUT2D eigenvalue weighted by molar-refractivity contribution is -0.117. The molecular formula is C22H21FN2O. The Hall–Kier alpha value is -3.01. The summed E-state index contributed by atoms with van der Waals surface area (Å²) in [7, 11) is 0. The van der Waals surface area contributed by atoms with Gasteiger partial charge in [-0.3, -0.25) is 9.78 Å². The van der Waals surface area contributed by atoms with Gasteiger partial charge in [0.2, 0.25) is 5.91 Å². The van der Waals surface area contributed by atoms with Crippen LogP contribution in [0.3, 0.4) is 0 Å². The first-order valence-electron chi connectivity index (χ1n) is 8.55. The van der Waals surface area contributed by atoms with Crippen LogP contribution in [0.4, 0.5) is 10.1 Å². The minimum Gasteiger partial charge on any atom is -0.326 e. The highest BCUT2D eigenvalue weighted by Gasteiger charge is 2.22. The second-order valence-corrected chi connectivity index (χ2v) is 6.54. The number of pyridine rings is 1. The lowest BCUT2D eigenvalue weighted by atomic mass is 9.91. The van der Waals surface area contributed by atoms with Crippen LogP contribution in [0.5, 0.6) is 0 Å². The second kappa shape index (κ2) is 7.91. The van der Waals surface area contributed by atoms with Crippen LogP contribution in [0.25, 0.3) is 0 Å². The summed E-state index contributed by atoms with van der Waals surface area (Å²) in [6.07, 6.45) is 3.95. The van der Waals surface area contributed by atoms with E-state index < -0.39 is 5.92 Å². The molecule has 3 aromatic rings. The number of carbonyl (C=O) groups excluding carboxylic acids is 1. The second-order valence-electron chi connectivity index (χ2n) is 6.54. The number of hydrogen-bond acceptors (Lipinski definition) is 2. The molecule has 26 heavy (non-hydrogen) atoms. The highest BCUT2D eigenvalue weighted by Crippen LogP contribution is 2.24. The average Bonchev–Trinajstić information content (AvgIpc) is 2.60. The van der Waals surface area contributed by atoms with E-state index in [1.54, 1.807) is 24.5 Å². The van der Waals surface area contributed by atoms with Crippen molar-refractivity contribution in [2.45, 2.75) is 26.2 Å². The number of nitrogens with one attached hydrogen (secondary N) is 1. The molecule has 0 fully saturated rings. The van der Waals surface area contributed by atoms with Gasteiger partial charge in [0.15, 0.2) is 0 Å². The number of nitrogens with zero attached hydrogens (tertiary/aromatic N) is 1. The molecule has 0 saturated carbocycles. The normalized spacial score (nSPS) is 11.8. The molecule has 3 rings (SSSR count). The van der Waals surface area contributed by atoms with Crippen molar-refractivity contribution in [1.29, 1.82) is 0 Å². The van der Waals surface area contributed by atoms with Crippen LogP contribution in [0.15, 0.2) is 67.0 Å². The minimum atomic E-state index is -0.430. The predicted octanol–water partition coefficient (Wildman–Crippen LogP) is 4.80. The number of aryl methyl sites for hydroxylation is 2. The summed E-state index contributed by atoms with van der Waals surface area (Å²) in [5.41, 5.74) is 4.68. The Morgan fingerprint density at radius 1 is 1.08 bits per heavy atom. The van der Waals surface area contributed by atoms with Gasteiger partial charge in [0.05, 0.1) is 5.92 Å². The van der Waals surface area contributed by atoms with Gasteiger partial charge in [-0.2, -0.15) is 0 Å². The molecule has 1 unspecified atom stereocenters. The number of aromatic nitrogens is 1. The van der Waals surface area contributed by atoms with Crippen molar-refractivity contribution in [2.24, 2.45) is 0 Å². The number of rotatable bonds is 5. The summed E-state index contributed by atoms with van der Waals surface area (Å²) in [6, 6.07) is 15.8. The lowest BCUT2D eigenvalue weighted by Gasteiger charge is -2.18. The highest BCUT2D eigenvalue weighted by molar-refractivity contribution is 5.96. The van der Waals surface area contributed by atoms with Crippen molar-refractivity contribution >= 4 is 11.6 Å². The van der Waals surface area contributed by atoms with E-state index >= 15 is 0 Å². The first-order chi connectivity index (χ1) is 12.5. The van der Waals surface area contributed by atoms with E-state index in [2.05, 4.69) is 16.4 Å². The molecule has 0 spiro atoms. The monoisotopic (exact) mass is 348 g/mol.